The summed E-state index contributed by atoms with van der Waals surface area (Å²) < 4.78 is 5.76. The fraction of sp³-hybridized carbons (Fsp3) is 0.429. The van der Waals surface area contributed by atoms with Crippen molar-refractivity contribution in [1.29, 1.82) is 0 Å². The van der Waals surface area contributed by atoms with E-state index in [1.54, 1.807) is 6.08 Å². The van der Waals surface area contributed by atoms with Crippen molar-refractivity contribution in [2.24, 2.45) is 5.92 Å². The molecular formula is C21H28O2. The van der Waals surface area contributed by atoms with Crippen molar-refractivity contribution in [1.82, 2.24) is 0 Å². The van der Waals surface area contributed by atoms with Crippen LogP contribution < -0.4 is 0 Å². The van der Waals surface area contributed by atoms with E-state index in [2.05, 4.69) is 38.3 Å². The predicted octanol–water partition coefficient (Wildman–Crippen LogP) is 4.77. The molecule has 0 radical (unpaired) electrons. The molecule has 0 amide bonds. The molecule has 1 aromatic rings. The van der Waals surface area contributed by atoms with Crippen molar-refractivity contribution in [3.63, 3.8) is 0 Å². The molecule has 2 nitrogen and oxygen atoms in total. The van der Waals surface area contributed by atoms with Crippen molar-refractivity contribution >= 4 is 5.57 Å². The molecule has 0 unspecified atom stereocenters. The summed E-state index contributed by atoms with van der Waals surface area (Å²) in [5.41, 5.74) is 2.58. The highest BCUT2D eigenvalue weighted by Gasteiger charge is 2.37. The summed E-state index contributed by atoms with van der Waals surface area (Å²) in [6.07, 6.45) is 7.68. The molecule has 2 heteroatoms. The van der Waals surface area contributed by atoms with Gasteiger partial charge in [0.05, 0.1) is 18.8 Å². The Hall–Kier alpha value is -1.64. The van der Waals surface area contributed by atoms with Gasteiger partial charge in [0.25, 0.3) is 0 Å². The van der Waals surface area contributed by atoms with Gasteiger partial charge in [-0.1, -0.05) is 61.9 Å². The van der Waals surface area contributed by atoms with E-state index in [9.17, 15) is 5.11 Å². The minimum atomic E-state index is -0.811. The third-order valence-electron chi connectivity index (χ3n) is 4.79. The van der Waals surface area contributed by atoms with Crippen LogP contribution in [0.15, 0.2) is 61.2 Å². The van der Waals surface area contributed by atoms with Gasteiger partial charge < -0.3 is 9.84 Å². The van der Waals surface area contributed by atoms with Gasteiger partial charge in [0.2, 0.25) is 0 Å². The van der Waals surface area contributed by atoms with Crippen LogP contribution in [0.25, 0.3) is 5.57 Å². The summed E-state index contributed by atoms with van der Waals surface area (Å²) in [6.45, 7) is 11.1. The van der Waals surface area contributed by atoms with Crippen LogP contribution in [0.1, 0.15) is 38.2 Å². The molecule has 0 spiro atoms. The van der Waals surface area contributed by atoms with Gasteiger partial charge in [-0.2, -0.15) is 0 Å². The molecule has 1 aliphatic rings. The van der Waals surface area contributed by atoms with Crippen molar-refractivity contribution < 1.29 is 9.84 Å². The van der Waals surface area contributed by atoms with E-state index < -0.39 is 5.60 Å². The maximum Gasteiger partial charge on any atom is 0.0890 e. The zero-order valence-electron chi connectivity index (χ0n) is 14.1. The maximum absolute atomic E-state index is 10.7. The van der Waals surface area contributed by atoms with E-state index in [0.29, 0.717) is 13.2 Å². The largest absolute Gasteiger partial charge is 0.385 e. The van der Waals surface area contributed by atoms with Gasteiger partial charge in [0.1, 0.15) is 0 Å². The van der Waals surface area contributed by atoms with Crippen LogP contribution >= 0.6 is 0 Å². The zero-order chi connectivity index (χ0) is 16.7. The topological polar surface area (TPSA) is 29.5 Å². The predicted molar refractivity (Wildman–Crippen MR) is 97.2 cm³/mol. The van der Waals surface area contributed by atoms with E-state index >= 15 is 0 Å². The summed E-state index contributed by atoms with van der Waals surface area (Å²) in [7, 11) is 0. The van der Waals surface area contributed by atoms with Crippen LogP contribution in [-0.2, 0) is 4.74 Å². The molecule has 1 saturated carbocycles. The average molecular weight is 312 g/mol. The molecule has 1 aliphatic carbocycles. The first-order valence-corrected chi connectivity index (χ1v) is 8.40. The van der Waals surface area contributed by atoms with E-state index in [4.69, 9.17) is 4.74 Å². The number of hydrogen-bond acceptors (Lipinski definition) is 2. The monoisotopic (exact) mass is 312 g/mol. The van der Waals surface area contributed by atoms with Crippen LogP contribution in [-0.4, -0.2) is 23.9 Å². The highest BCUT2D eigenvalue weighted by Crippen LogP contribution is 2.38. The summed E-state index contributed by atoms with van der Waals surface area (Å²) in [5.74, 6) is 0.0629. The van der Waals surface area contributed by atoms with E-state index in [0.717, 1.165) is 31.3 Å². The first kappa shape index (κ1) is 17.7. The molecule has 23 heavy (non-hydrogen) atoms. The smallest absolute Gasteiger partial charge is 0.0890 e. The maximum atomic E-state index is 10.7. The number of benzene rings is 1. The lowest BCUT2D eigenvalue weighted by molar-refractivity contribution is 0.00526. The Balaban J connectivity index is 1.84. The van der Waals surface area contributed by atoms with Gasteiger partial charge in [-0.25, -0.2) is 0 Å². The fourth-order valence-corrected chi connectivity index (χ4v) is 3.28. The Morgan fingerprint density at radius 1 is 1.35 bits per heavy atom. The van der Waals surface area contributed by atoms with Crippen molar-refractivity contribution in [2.75, 3.05) is 13.2 Å². The van der Waals surface area contributed by atoms with Gasteiger partial charge in [-0.3, -0.25) is 0 Å². The second kappa shape index (κ2) is 8.28. The van der Waals surface area contributed by atoms with Crippen molar-refractivity contribution in [2.45, 2.75) is 38.2 Å². The molecule has 0 bridgehead atoms. The van der Waals surface area contributed by atoms with Crippen molar-refractivity contribution in [3.05, 3.63) is 66.8 Å². The third-order valence-corrected chi connectivity index (χ3v) is 4.79. The highest BCUT2D eigenvalue weighted by molar-refractivity contribution is 5.63. The molecule has 2 rings (SSSR count). The SMILES string of the molecule is C=C[C@@]1(O)CCCC[C@@H]1C(=C)COC/C=C(/C)c1ccccc1. The summed E-state index contributed by atoms with van der Waals surface area (Å²) in [5, 5.41) is 10.7. The van der Waals surface area contributed by atoms with E-state index in [-0.39, 0.29) is 5.92 Å². The molecule has 124 valence electrons. The van der Waals surface area contributed by atoms with Crippen LogP contribution in [0, 0.1) is 5.92 Å². The van der Waals surface area contributed by atoms with Gasteiger partial charge in [-0.15, -0.1) is 6.58 Å². The first-order valence-electron chi connectivity index (χ1n) is 8.40. The lowest BCUT2D eigenvalue weighted by Gasteiger charge is -2.38. The van der Waals surface area contributed by atoms with Crippen LogP contribution in [0.3, 0.4) is 0 Å². The van der Waals surface area contributed by atoms with Gasteiger partial charge in [0.15, 0.2) is 0 Å². The second-order valence-electron chi connectivity index (χ2n) is 6.42. The molecule has 2 atom stereocenters. The van der Waals surface area contributed by atoms with Crippen LogP contribution in [0.5, 0.6) is 0 Å². The zero-order valence-corrected chi connectivity index (χ0v) is 14.1. The number of hydrogen-bond donors (Lipinski definition) is 1. The summed E-state index contributed by atoms with van der Waals surface area (Å²) >= 11 is 0. The Kier molecular flexibility index (Phi) is 6.37. The Morgan fingerprint density at radius 2 is 2.09 bits per heavy atom. The van der Waals surface area contributed by atoms with Gasteiger partial charge in [0, 0.05) is 5.92 Å². The minimum Gasteiger partial charge on any atom is -0.385 e. The molecule has 1 fully saturated rings. The molecule has 0 heterocycles. The molecular weight excluding hydrogens is 284 g/mol. The van der Waals surface area contributed by atoms with Gasteiger partial charge >= 0.3 is 0 Å². The first-order chi connectivity index (χ1) is 11.1. The fourth-order valence-electron chi connectivity index (χ4n) is 3.28. The van der Waals surface area contributed by atoms with Crippen LogP contribution in [0.2, 0.25) is 0 Å². The Morgan fingerprint density at radius 3 is 2.78 bits per heavy atom. The number of ether oxygens (including phenoxy) is 1. The second-order valence-corrected chi connectivity index (χ2v) is 6.42. The standard InChI is InChI=1S/C21H28O2/c1-4-21(22)14-9-8-12-20(21)18(3)16-23-15-13-17(2)19-10-6-5-7-11-19/h4-7,10-11,13,20,22H,1,3,8-9,12,14-16H2,2H3/b17-13-/t20-,21-/m1/s1. The molecule has 0 saturated heterocycles. The minimum absolute atomic E-state index is 0.0629. The normalized spacial score (nSPS) is 25.1. The van der Waals surface area contributed by atoms with E-state index in [1.807, 2.05) is 18.2 Å². The molecule has 1 aromatic carbocycles. The Labute approximate surface area is 140 Å². The molecule has 0 aliphatic heterocycles. The lowest BCUT2D eigenvalue weighted by atomic mass is 9.72. The number of aliphatic hydroxyl groups is 1. The summed E-state index contributed by atoms with van der Waals surface area (Å²) in [6, 6.07) is 10.3. The van der Waals surface area contributed by atoms with Gasteiger partial charge in [-0.05, 0) is 36.5 Å². The quantitative estimate of drug-likeness (QED) is 0.580. The molecule has 1 N–H and O–H groups in total. The lowest BCUT2D eigenvalue weighted by Crippen LogP contribution is -2.40. The summed E-state index contributed by atoms with van der Waals surface area (Å²) in [4.78, 5) is 0. The highest BCUT2D eigenvalue weighted by atomic mass is 16.5. The average Bonchev–Trinajstić information content (AvgIpc) is 2.59. The number of rotatable bonds is 7. The van der Waals surface area contributed by atoms with Crippen LogP contribution in [0.4, 0.5) is 0 Å². The number of allylic oxidation sites excluding steroid dienone is 1. The third kappa shape index (κ3) is 4.66. The van der Waals surface area contributed by atoms with Crippen molar-refractivity contribution in [3.8, 4) is 0 Å². The van der Waals surface area contributed by atoms with E-state index in [1.165, 1.54) is 11.1 Å². The Bertz CT molecular complexity index is 558. The molecule has 0 aromatic heterocycles.